The van der Waals surface area contributed by atoms with Gasteiger partial charge in [0.05, 0.1) is 26.0 Å². The molecular weight excluding hydrogens is 422 g/mol. The van der Waals surface area contributed by atoms with Crippen LogP contribution in [0.25, 0.3) is 0 Å². The van der Waals surface area contributed by atoms with E-state index in [1.54, 1.807) is 44.6 Å². The average molecular weight is 454 g/mol. The van der Waals surface area contributed by atoms with Crippen molar-refractivity contribution in [3.8, 4) is 11.5 Å². The highest BCUT2D eigenvalue weighted by Crippen LogP contribution is 2.32. The van der Waals surface area contributed by atoms with Gasteiger partial charge in [0.1, 0.15) is 0 Å². The van der Waals surface area contributed by atoms with Crippen LogP contribution in [-0.4, -0.2) is 50.1 Å². The molecule has 8 heteroatoms. The zero-order valence-electron chi connectivity index (χ0n) is 19.4. The molecule has 0 radical (unpaired) electrons. The summed E-state index contributed by atoms with van der Waals surface area (Å²) in [5.41, 5.74) is 1.79. The SMILES string of the molecule is CCCOC(=O)Nc1ccc(C(=O)N(C)N=Cc2ccc(OC)c(OC3CCCC3)c2)cc1. The minimum atomic E-state index is -0.520. The molecule has 176 valence electrons. The van der Waals surface area contributed by atoms with Gasteiger partial charge in [-0.3, -0.25) is 10.1 Å². The molecule has 0 aromatic heterocycles. The molecule has 33 heavy (non-hydrogen) atoms. The number of benzene rings is 2. The van der Waals surface area contributed by atoms with Crippen molar-refractivity contribution in [3.63, 3.8) is 0 Å². The number of anilines is 1. The number of hydrazone groups is 1. The van der Waals surface area contributed by atoms with Crippen molar-refractivity contribution in [2.75, 3.05) is 26.1 Å². The second kappa shape index (κ2) is 11.9. The van der Waals surface area contributed by atoms with Crippen LogP contribution in [0.1, 0.15) is 54.9 Å². The van der Waals surface area contributed by atoms with Crippen LogP contribution in [0.3, 0.4) is 0 Å². The van der Waals surface area contributed by atoms with Crippen molar-refractivity contribution in [2.45, 2.75) is 45.1 Å². The Morgan fingerprint density at radius 3 is 2.52 bits per heavy atom. The van der Waals surface area contributed by atoms with E-state index in [1.807, 2.05) is 25.1 Å². The van der Waals surface area contributed by atoms with E-state index in [-0.39, 0.29) is 12.0 Å². The molecule has 1 aliphatic carbocycles. The lowest BCUT2D eigenvalue weighted by molar-refractivity contribution is 0.0800. The van der Waals surface area contributed by atoms with Crippen LogP contribution in [0, 0.1) is 0 Å². The molecule has 0 saturated heterocycles. The van der Waals surface area contributed by atoms with Crippen LogP contribution in [0.4, 0.5) is 10.5 Å². The fourth-order valence-corrected chi connectivity index (χ4v) is 3.49. The third-order valence-electron chi connectivity index (χ3n) is 5.27. The maximum atomic E-state index is 12.7. The molecule has 1 fully saturated rings. The van der Waals surface area contributed by atoms with Crippen molar-refractivity contribution in [1.82, 2.24) is 5.01 Å². The van der Waals surface area contributed by atoms with Gasteiger partial charge in [0, 0.05) is 18.3 Å². The third-order valence-corrected chi connectivity index (χ3v) is 5.27. The summed E-state index contributed by atoms with van der Waals surface area (Å²) in [5.74, 6) is 1.08. The number of ether oxygens (including phenoxy) is 3. The largest absolute Gasteiger partial charge is 0.493 e. The minimum absolute atomic E-state index is 0.210. The number of methoxy groups -OCH3 is 1. The van der Waals surface area contributed by atoms with Crippen molar-refractivity contribution < 1.29 is 23.8 Å². The van der Waals surface area contributed by atoms with Crippen LogP contribution in [0.5, 0.6) is 11.5 Å². The highest BCUT2D eigenvalue weighted by Gasteiger charge is 2.18. The predicted molar refractivity (Wildman–Crippen MR) is 127 cm³/mol. The van der Waals surface area contributed by atoms with Gasteiger partial charge in [-0.1, -0.05) is 6.92 Å². The van der Waals surface area contributed by atoms with Gasteiger partial charge in [-0.05, 0) is 80.1 Å². The van der Waals surface area contributed by atoms with E-state index < -0.39 is 6.09 Å². The van der Waals surface area contributed by atoms with E-state index in [0.29, 0.717) is 29.4 Å². The zero-order valence-corrected chi connectivity index (χ0v) is 19.4. The minimum Gasteiger partial charge on any atom is -0.493 e. The predicted octanol–water partition coefficient (Wildman–Crippen LogP) is 5.08. The van der Waals surface area contributed by atoms with Gasteiger partial charge in [-0.2, -0.15) is 5.10 Å². The fraction of sp³-hybridized carbons (Fsp3) is 0.400. The number of nitrogens with zero attached hydrogens (tertiary/aromatic N) is 2. The van der Waals surface area contributed by atoms with Crippen LogP contribution >= 0.6 is 0 Å². The molecule has 2 aromatic rings. The summed E-state index contributed by atoms with van der Waals surface area (Å²) in [7, 11) is 3.21. The molecule has 0 bridgehead atoms. The molecule has 1 aliphatic rings. The second-order valence-corrected chi connectivity index (χ2v) is 7.85. The van der Waals surface area contributed by atoms with E-state index in [0.717, 1.165) is 24.8 Å². The van der Waals surface area contributed by atoms with Gasteiger partial charge in [0.25, 0.3) is 5.91 Å². The monoisotopic (exact) mass is 453 g/mol. The average Bonchev–Trinajstić information content (AvgIpc) is 3.34. The van der Waals surface area contributed by atoms with Crippen molar-refractivity contribution in [3.05, 3.63) is 53.6 Å². The highest BCUT2D eigenvalue weighted by molar-refractivity contribution is 5.95. The first kappa shape index (κ1) is 24.1. The summed E-state index contributed by atoms with van der Waals surface area (Å²) in [5, 5.41) is 8.16. The van der Waals surface area contributed by atoms with Gasteiger partial charge in [-0.25, -0.2) is 9.80 Å². The quantitative estimate of drug-likeness (QED) is 0.422. The van der Waals surface area contributed by atoms with Crippen LogP contribution < -0.4 is 14.8 Å². The Hall–Kier alpha value is -3.55. The molecule has 0 aliphatic heterocycles. The molecule has 1 saturated carbocycles. The number of hydrogen-bond acceptors (Lipinski definition) is 6. The van der Waals surface area contributed by atoms with E-state index in [2.05, 4.69) is 10.4 Å². The first-order valence-corrected chi connectivity index (χ1v) is 11.2. The van der Waals surface area contributed by atoms with E-state index >= 15 is 0 Å². The third kappa shape index (κ3) is 6.97. The Balaban J connectivity index is 1.61. The normalized spacial score (nSPS) is 13.7. The topological polar surface area (TPSA) is 89.5 Å². The Bertz CT molecular complexity index is 969. The molecule has 2 amide bonds. The van der Waals surface area contributed by atoms with E-state index in [1.165, 1.54) is 17.9 Å². The molecule has 3 rings (SSSR count). The molecule has 0 unspecified atom stereocenters. The molecule has 1 N–H and O–H groups in total. The van der Waals surface area contributed by atoms with Crippen molar-refractivity contribution in [1.29, 1.82) is 0 Å². The summed E-state index contributed by atoms with van der Waals surface area (Å²) in [6.07, 6.45) is 6.51. The Morgan fingerprint density at radius 2 is 1.85 bits per heavy atom. The summed E-state index contributed by atoms with van der Waals surface area (Å²) in [6, 6.07) is 12.1. The van der Waals surface area contributed by atoms with Crippen LogP contribution in [-0.2, 0) is 4.74 Å². The maximum Gasteiger partial charge on any atom is 0.411 e. The summed E-state index contributed by atoms with van der Waals surface area (Å²) >= 11 is 0. The molecule has 8 nitrogen and oxygen atoms in total. The van der Waals surface area contributed by atoms with Gasteiger partial charge in [0.15, 0.2) is 11.5 Å². The van der Waals surface area contributed by atoms with Crippen LogP contribution in [0.2, 0.25) is 0 Å². The first-order chi connectivity index (χ1) is 16.0. The number of nitrogens with one attached hydrogen (secondary N) is 1. The smallest absolute Gasteiger partial charge is 0.411 e. The van der Waals surface area contributed by atoms with Crippen molar-refractivity contribution in [2.24, 2.45) is 5.10 Å². The van der Waals surface area contributed by atoms with E-state index in [4.69, 9.17) is 14.2 Å². The Labute approximate surface area is 194 Å². The van der Waals surface area contributed by atoms with Crippen LogP contribution in [0.15, 0.2) is 47.6 Å². The van der Waals surface area contributed by atoms with Gasteiger partial charge >= 0.3 is 6.09 Å². The lowest BCUT2D eigenvalue weighted by Crippen LogP contribution is -2.21. The maximum absolute atomic E-state index is 12.7. The second-order valence-electron chi connectivity index (χ2n) is 7.85. The molecule has 0 heterocycles. The highest BCUT2D eigenvalue weighted by atomic mass is 16.5. The summed E-state index contributed by atoms with van der Waals surface area (Å²) in [4.78, 5) is 24.3. The number of rotatable bonds is 9. The fourth-order valence-electron chi connectivity index (χ4n) is 3.49. The molecule has 0 atom stereocenters. The molecule has 2 aromatic carbocycles. The molecule has 0 spiro atoms. The zero-order chi connectivity index (χ0) is 23.6. The Kier molecular flexibility index (Phi) is 8.69. The van der Waals surface area contributed by atoms with E-state index in [9.17, 15) is 9.59 Å². The number of carbonyl (C=O) groups is 2. The number of hydrogen-bond donors (Lipinski definition) is 1. The van der Waals surface area contributed by atoms with Gasteiger partial charge in [0.2, 0.25) is 0 Å². The number of carbonyl (C=O) groups excluding carboxylic acids is 2. The lowest BCUT2D eigenvalue weighted by Gasteiger charge is -2.16. The van der Waals surface area contributed by atoms with Gasteiger partial charge in [-0.15, -0.1) is 0 Å². The van der Waals surface area contributed by atoms with Gasteiger partial charge < -0.3 is 14.2 Å². The Morgan fingerprint density at radius 1 is 1.12 bits per heavy atom. The lowest BCUT2D eigenvalue weighted by atomic mass is 10.2. The number of amides is 2. The van der Waals surface area contributed by atoms with Crippen molar-refractivity contribution >= 4 is 23.9 Å². The summed E-state index contributed by atoms with van der Waals surface area (Å²) in [6.45, 7) is 2.28. The summed E-state index contributed by atoms with van der Waals surface area (Å²) < 4.78 is 16.5. The standard InChI is InChI=1S/C25H31N3O5/c1-4-15-32-25(30)27-20-12-10-19(11-13-20)24(29)28(2)26-17-18-9-14-22(31-3)23(16-18)33-21-7-5-6-8-21/h9-14,16-17,21H,4-8,15H2,1-3H3,(H,27,30). The molecular formula is C25H31N3O5. The first-order valence-electron chi connectivity index (χ1n) is 11.2.